The minimum Gasteiger partial charge on any atom is -0.367 e. The smallest absolute Gasteiger partial charge is 0.163 e. The molecule has 1 aromatic heterocycles. The van der Waals surface area contributed by atoms with Gasteiger partial charge in [-0.1, -0.05) is 37.5 Å². The molecule has 0 aliphatic rings. The summed E-state index contributed by atoms with van der Waals surface area (Å²) in [5, 5.41) is 4.47. The lowest BCUT2D eigenvalue weighted by atomic mass is 10.3. The van der Waals surface area contributed by atoms with Crippen molar-refractivity contribution in [2.75, 3.05) is 0 Å². The summed E-state index contributed by atoms with van der Waals surface area (Å²) < 4.78 is 4.06. The van der Waals surface area contributed by atoms with Gasteiger partial charge in [0.2, 0.25) is 0 Å². The topological polar surface area (TPSA) is 17.0 Å². The predicted octanol–water partition coefficient (Wildman–Crippen LogP) is 3.24. The van der Waals surface area contributed by atoms with Crippen molar-refractivity contribution in [1.29, 1.82) is 0 Å². The summed E-state index contributed by atoms with van der Waals surface area (Å²) in [6.07, 6.45) is 13.5. The number of rotatable bonds is 6. The molecule has 1 rings (SSSR count). The molecule has 0 bridgehead atoms. The summed E-state index contributed by atoms with van der Waals surface area (Å²) in [6.45, 7) is 12.1. The molecule has 0 amide bonds. The van der Waals surface area contributed by atoms with E-state index in [9.17, 15) is 0 Å². The maximum absolute atomic E-state index is 5.43. The summed E-state index contributed by atoms with van der Waals surface area (Å²) in [5.41, 5.74) is 1.01. The van der Waals surface area contributed by atoms with E-state index in [0.717, 1.165) is 19.5 Å². The molecule has 0 fully saturated rings. The molecule has 0 spiro atoms. The Morgan fingerprint density at radius 1 is 1.35 bits per heavy atom. The first-order valence-electron chi connectivity index (χ1n) is 6.36. The van der Waals surface area contributed by atoms with Gasteiger partial charge < -0.3 is 9.88 Å². The molecule has 0 atom stereocenters. The zero-order valence-corrected chi connectivity index (χ0v) is 13.6. The average Bonchev–Trinajstić information content (AvgIpc) is 2.72. The number of hydrogen-bond acceptors (Lipinski definition) is 3. The maximum atomic E-state index is 5.43. The highest BCUT2D eigenvalue weighted by atomic mass is 32.1. The quantitative estimate of drug-likeness (QED) is 0.642. The molecular weight excluding hydrogens is 284 g/mol. The zero-order chi connectivity index (χ0) is 15.0. The summed E-state index contributed by atoms with van der Waals surface area (Å²) in [5.74, 6) is 0. The SMILES string of the molecule is C=C/C=C(\C=C/C)NCn1c(=S)sc(=C/C=C)/c1=C\C. The summed E-state index contributed by atoms with van der Waals surface area (Å²) >= 11 is 7.02. The van der Waals surface area contributed by atoms with Crippen molar-refractivity contribution in [3.05, 3.63) is 63.1 Å². The lowest BCUT2D eigenvalue weighted by molar-refractivity contribution is 0.612. The van der Waals surface area contributed by atoms with Gasteiger partial charge in [0.25, 0.3) is 0 Å². The van der Waals surface area contributed by atoms with Crippen LogP contribution in [0.1, 0.15) is 13.8 Å². The maximum Gasteiger partial charge on any atom is 0.163 e. The highest BCUT2D eigenvalue weighted by molar-refractivity contribution is 7.73. The van der Waals surface area contributed by atoms with Crippen LogP contribution in [0, 0.1) is 3.95 Å². The average molecular weight is 304 g/mol. The number of allylic oxidation sites excluding steroid dienone is 5. The summed E-state index contributed by atoms with van der Waals surface area (Å²) in [6, 6.07) is 0. The molecule has 0 radical (unpaired) electrons. The van der Waals surface area contributed by atoms with Crippen LogP contribution in [-0.4, -0.2) is 4.57 Å². The Kier molecular flexibility index (Phi) is 6.98. The first-order valence-corrected chi connectivity index (χ1v) is 7.58. The largest absolute Gasteiger partial charge is 0.367 e. The Morgan fingerprint density at radius 3 is 2.65 bits per heavy atom. The van der Waals surface area contributed by atoms with Crippen molar-refractivity contribution in [3.63, 3.8) is 0 Å². The summed E-state index contributed by atoms with van der Waals surface area (Å²) in [7, 11) is 0. The highest BCUT2D eigenvalue weighted by Crippen LogP contribution is 1.96. The Labute approximate surface area is 129 Å². The molecule has 0 unspecified atom stereocenters. The molecule has 0 aromatic carbocycles. The van der Waals surface area contributed by atoms with E-state index >= 15 is 0 Å². The molecule has 1 heterocycles. The monoisotopic (exact) mass is 304 g/mol. The van der Waals surface area contributed by atoms with Gasteiger partial charge in [-0.2, -0.15) is 0 Å². The van der Waals surface area contributed by atoms with Gasteiger partial charge in [0.15, 0.2) is 3.95 Å². The van der Waals surface area contributed by atoms with E-state index in [4.69, 9.17) is 12.2 Å². The molecule has 1 aromatic rings. The van der Waals surface area contributed by atoms with Gasteiger partial charge in [-0.05, 0) is 44.3 Å². The fourth-order valence-electron chi connectivity index (χ4n) is 1.76. The normalized spacial score (nSPS) is 14.0. The highest BCUT2D eigenvalue weighted by Gasteiger charge is 2.00. The van der Waals surface area contributed by atoms with Gasteiger partial charge in [0, 0.05) is 5.70 Å². The van der Waals surface area contributed by atoms with Crippen LogP contribution in [0.5, 0.6) is 0 Å². The number of thiazole rings is 1. The number of aromatic nitrogens is 1. The van der Waals surface area contributed by atoms with Crippen molar-refractivity contribution >= 4 is 35.7 Å². The molecule has 2 nitrogen and oxygen atoms in total. The van der Waals surface area contributed by atoms with Gasteiger partial charge in [0.1, 0.15) is 0 Å². The van der Waals surface area contributed by atoms with Gasteiger partial charge >= 0.3 is 0 Å². The lowest BCUT2D eigenvalue weighted by Crippen LogP contribution is -2.32. The van der Waals surface area contributed by atoms with Crippen molar-refractivity contribution in [2.24, 2.45) is 0 Å². The Morgan fingerprint density at radius 2 is 2.10 bits per heavy atom. The molecule has 4 heteroatoms. The third kappa shape index (κ3) is 4.18. The van der Waals surface area contributed by atoms with E-state index in [1.807, 2.05) is 38.2 Å². The van der Waals surface area contributed by atoms with E-state index in [0.29, 0.717) is 6.67 Å². The van der Waals surface area contributed by atoms with Gasteiger partial charge in [0.05, 0.1) is 16.6 Å². The molecule has 106 valence electrons. The molecule has 0 aliphatic carbocycles. The Bertz CT molecular complexity index is 700. The fourth-order valence-corrected chi connectivity index (χ4v) is 3.15. The van der Waals surface area contributed by atoms with Crippen molar-refractivity contribution in [1.82, 2.24) is 9.88 Å². The number of nitrogens with zero attached hydrogens (tertiary/aromatic N) is 1. The number of nitrogens with one attached hydrogen (secondary N) is 1. The van der Waals surface area contributed by atoms with Crippen LogP contribution < -0.4 is 15.2 Å². The van der Waals surface area contributed by atoms with Crippen LogP contribution >= 0.6 is 23.6 Å². The van der Waals surface area contributed by atoms with E-state index in [-0.39, 0.29) is 0 Å². The standard InChI is InChI=1S/C16H20N2S2/c1-5-9-13(10-6-2)17-12-18-14(8-4)15(11-7-3)20-16(18)19/h5-11,17H,1,3,12H2,2,4H3/b10-6-,13-9+,14-8+,15-11+. The second kappa shape index (κ2) is 8.51. The molecule has 0 saturated carbocycles. The third-order valence-electron chi connectivity index (χ3n) is 2.59. The first kappa shape index (κ1) is 16.4. The van der Waals surface area contributed by atoms with E-state index in [1.165, 1.54) is 0 Å². The second-order valence-corrected chi connectivity index (χ2v) is 5.60. The third-order valence-corrected chi connectivity index (χ3v) is 4.02. The predicted molar refractivity (Wildman–Crippen MR) is 93.4 cm³/mol. The van der Waals surface area contributed by atoms with Crippen molar-refractivity contribution in [2.45, 2.75) is 20.5 Å². The molecule has 0 aliphatic heterocycles. The van der Waals surface area contributed by atoms with Crippen LogP contribution in [0.3, 0.4) is 0 Å². The first-order chi connectivity index (χ1) is 9.67. The zero-order valence-electron chi connectivity index (χ0n) is 11.9. The van der Waals surface area contributed by atoms with Crippen LogP contribution in [0.25, 0.3) is 12.2 Å². The van der Waals surface area contributed by atoms with Gasteiger partial charge in [-0.25, -0.2) is 0 Å². The van der Waals surface area contributed by atoms with E-state index in [1.54, 1.807) is 23.5 Å². The molecule has 20 heavy (non-hydrogen) atoms. The van der Waals surface area contributed by atoms with Crippen LogP contribution in [-0.2, 0) is 6.67 Å². The van der Waals surface area contributed by atoms with Crippen LogP contribution in [0.15, 0.2) is 49.2 Å². The minimum atomic E-state index is 0.629. The van der Waals surface area contributed by atoms with E-state index in [2.05, 4.69) is 29.1 Å². The number of hydrogen-bond donors (Lipinski definition) is 1. The lowest BCUT2D eigenvalue weighted by Gasteiger charge is -2.08. The fraction of sp³-hybridized carbons (Fsp3) is 0.188. The van der Waals surface area contributed by atoms with Crippen molar-refractivity contribution in [3.8, 4) is 0 Å². The molecule has 1 N–H and O–H groups in total. The van der Waals surface area contributed by atoms with Crippen LogP contribution in [0.2, 0.25) is 0 Å². The van der Waals surface area contributed by atoms with E-state index < -0.39 is 0 Å². The Hall–Kier alpha value is -1.65. The summed E-state index contributed by atoms with van der Waals surface area (Å²) in [4.78, 5) is 0. The van der Waals surface area contributed by atoms with Gasteiger partial charge in [-0.3, -0.25) is 0 Å². The molecular formula is C16H20N2S2. The van der Waals surface area contributed by atoms with Crippen molar-refractivity contribution < 1.29 is 0 Å². The van der Waals surface area contributed by atoms with Crippen LogP contribution in [0.4, 0.5) is 0 Å². The second-order valence-electron chi connectivity index (χ2n) is 3.93. The molecule has 0 saturated heterocycles. The Balaban J connectivity index is 3.14. The van der Waals surface area contributed by atoms with Gasteiger partial charge in [-0.15, -0.1) is 11.3 Å². The minimum absolute atomic E-state index is 0.629.